The zero-order valence-corrected chi connectivity index (χ0v) is 29.1. The molecular formula is C32H48Cl2N2PRu-. The average Bonchev–Trinajstić information content (AvgIpc) is 3.26. The van der Waals surface area contributed by atoms with Crippen molar-refractivity contribution < 1.29 is 13.5 Å². The summed E-state index contributed by atoms with van der Waals surface area (Å²) in [6, 6.07) is 9.12. The second kappa shape index (κ2) is 16.5. The summed E-state index contributed by atoms with van der Waals surface area (Å²) >= 11 is -1.52. The molecule has 0 bridgehead atoms. The first-order valence-corrected chi connectivity index (χ1v) is 19.8. The van der Waals surface area contributed by atoms with Crippen molar-refractivity contribution in [2.45, 2.75) is 93.2 Å². The minimum absolute atomic E-state index is 0.953. The van der Waals surface area contributed by atoms with Gasteiger partial charge in [0.05, 0.1) is 0 Å². The van der Waals surface area contributed by atoms with Crippen LogP contribution in [0.1, 0.15) is 79.3 Å². The molecule has 0 N–H and O–H groups in total. The summed E-state index contributed by atoms with van der Waals surface area (Å²) in [6.07, 6.45) is 9.27. The Morgan fingerprint density at radius 3 is 1.45 bits per heavy atom. The largest absolute Gasteiger partial charge is 0.502 e. The number of hydrogen-bond donors (Lipinski definition) is 0. The second-order valence-corrected chi connectivity index (χ2v) is 17.7. The Kier molecular flexibility index (Phi) is 14.6. The van der Waals surface area contributed by atoms with Gasteiger partial charge in [-0.1, -0.05) is 54.7 Å². The number of allylic oxidation sites excluding steroid dienone is 2. The topological polar surface area (TPSA) is 6.48 Å². The third-order valence-electron chi connectivity index (χ3n) is 6.84. The van der Waals surface area contributed by atoms with Gasteiger partial charge in [0.15, 0.2) is 0 Å². The minimum Gasteiger partial charge on any atom is -0.502 e. The average molecular weight is 664 g/mol. The van der Waals surface area contributed by atoms with Crippen molar-refractivity contribution in [1.82, 2.24) is 0 Å². The molecule has 1 atom stereocenters. The Hall–Kier alpha value is -0.717. The summed E-state index contributed by atoms with van der Waals surface area (Å²) in [5.74, 6) is 0. The third-order valence-corrected chi connectivity index (χ3v) is 9.29. The molecule has 2 fully saturated rings. The molecule has 0 aromatic heterocycles. The summed E-state index contributed by atoms with van der Waals surface area (Å²) in [7, 11) is 14.0. The predicted octanol–water partition coefficient (Wildman–Crippen LogP) is 9.86. The molecule has 1 saturated heterocycles. The SMILES string of the molecule is CC(C)=C[CH]=[Ru]([Cl])[Cl].Cc1cc(C)c(N2[CH-]N(c3c(C)cc(C)cc3C)CC2)c(C)c1.PC1CCCCC1. The summed E-state index contributed by atoms with van der Waals surface area (Å²) in [5.41, 5.74) is 13.0. The van der Waals surface area contributed by atoms with Gasteiger partial charge in [0.1, 0.15) is 0 Å². The van der Waals surface area contributed by atoms with Crippen molar-refractivity contribution >= 4 is 44.6 Å². The summed E-state index contributed by atoms with van der Waals surface area (Å²) in [5, 5.41) is 0. The number of rotatable bonds is 3. The van der Waals surface area contributed by atoms with Crippen LogP contribution in [-0.4, -0.2) is 23.4 Å². The van der Waals surface area contributed by atoms with Gasteiger partial charge in [-0.25, -0.2) is 0 Å². The van der Waals surface area contributed by atoms with Crippen LogP contribution in [0.2, 0.25) is 0 Å². The Bertz CT molecular complexity index is 989. The van der Waals surface area contributed by atoms with E-state index in [9.17, 15) is 0 Å². The van der Waals surface area contributed by atoms with E-state index in [4.69, 9.17) is 19.4 Å². The van der Waals surface area contributed by atoms with Crippen LogP contribution in [0.5, 0.6) is 0 Å². The van der Waals surface area contributed by atoms with E-state index in [1.807, 2.05) is 24.5 Å². The maximum Gasteiger partial charge on any atom is 0.0146 e. The number of hydrogen-bond acceptors (Lipinski definition) is 2. The maximum absolute atomic E-state index is 5.53. The van der Waals surface area contributed by atoms with Gasteiger partial charge >= 0.3 is 63.0 Å². The van der Waals surface area contributed by atoms with Gasteiger partial charge in [-0.3, -0.25) is 0 Å². The quantitative estimate of drug-likeness (QED) is 0.183. The minimum atomic E-state index is -1.52. The van der Waals surface area contributed by atoms with E-state index in [2.05, 4.69) is 91.5 Å². The Balaban J connectivity index is 0.000000276. The van der Waals surface area contributed by atoms with E-state index in [0.29, 0.717) is 0 Å². The third kappa shape index (κ3) is 11.0. The van der Waals surface area contributed by atoms with Gasteiger partial charge in [0, 0.05) is 24.5 Å². The van der Waals surface area contributed by atoms with E-state index in [1.54, 1.807) is 0 Å². The van der Waals surface area contributed by atoms with Crippen molar-refractivity contribution in [1.29, 1.82) is 0 Å². The second-order valence-electron chi connectivity index (χ2n) is 11.0. The fourth-order valence-corrected chi connectivity index (χ4v) is 7.18. The van der Waals surface area contributed by atoms with Gasteiger partial charge in [-0.05, 0) is 82.3 Å². The van der Waals surface area contributed by atoms with Crippen LogP contribution in [0, 0.1) is 48.2 Å². The van der Waals surface area contributed by atoms with Crippen molar-refractivity contribution in [2.75, 3.05) is 22.9 Å². The van der Waals surface area contributed by atoms with Gasteiger partial charge in [0.25, 0.3) is 0 Å². The van der Waals surface area contributed by atoms with Crippen LogP contribution < -0.4 is 9.80 Å². The molecule has 2 nitrogen and oxygen atoms in total. The molecule has 2 aliphatic rings. The van der Waals surface area contributed by atoms with Gasteiger partial charge in [-0.15, -0.1) is 9.24 Å². The molecule has 1 saturated carbocycles. The zero-order valence-electron chi connectivity index (χ0n) is 24.6. The molecule has 1 aliphatic heterocycles. The monoisotopic (exact) mass is 663 g/mol. The fourth-order valence-electron chi connectivity index (χ4n) is 5.39. The van der Waals surface area contributed by atoms with Crippen molar-refractivity contribution in [3.63, 3.8) is 0 Å². The molecular weight excluding hydrogens is 615 g/mol. The molecule has 2 aromatic carbocycles. The molecule has 0 amide bonds. The van der Waals surface area contributed by atoms with E-state index >= 15 is 0 Å². The number of aryl methyl sites for hydroxylation is 6. The molecule has 2 aromatic rings. The molecule has 0 radical (unpaired) electrons. The molecule has 1 heterocycles. The van der Waals surface area contributed by atoms with Crippen LogP contribution in [0.25, 0.3) is 0 Å². The Labute approximate surface area is 248 Å². The van der Waals surface area contributed by atoms with Gasteiger partial charge < -0.3 is 9.80 Å². The summed E-state index contributed by atoms with van der Waals surface area (Å²) < 4.78 is 1.88. The van der Waals surface area contributed by atoms with Crippen molar-refractivity contribution in [2.24, 2.45) is 0 Å². The van der Waals surface area contributed by atoms with Crippen LogP contribution in [-0.2, 0) is 13.5 Å². The first-order chi connectivity index (χ1) is 17.9. The van der Waals surface area contributed by atoms with E-state index in [1.165, 1.54) is 82.4 Å². The van der Waals surface area contributed by atoms with Gasteiger partial charge in [0.2, 0.25) is 0 Å². The summed E-state index contributed by atoms with van der Waals surface area (Å²) in [4.78, 5) is 4.81. The van der Waals surface area contributed by atoms with Gasteiger partial charge in [-0.2, -0.15) is 6.67 Å². The zero-order chi connectivity index (χ0) is 28.4. The van der Waals surface area contributed by atoms with Crippen molar-refractivity contribution in [3.05, 3.63) is 76.0 Å². The number of halogens is 2. The van der Waals surface area contributed by atoms with E-state index in [-0.39, 0.29) is 0 Å². The number of benzene rings is 2. The molecule has 6 heteroatoms. The molecule has 38 heavy (non-hydrogen) atoms. The predicted molar refractivity (Wildman–Crippen MR) is 174 cm³/mol. The first-order valence-electron chi connectivity index (χ1n) is 13.6. The van der Waals surface area contributed by atoms with E-state index < -0.39 is 13.5 Å². The smallest absolute Gasteiger partial charge is 0.0146 e. The fraction of sp³-hybridized carbons (Fsp3) is 0.500. The molecule has 1 unspecified atom stereocenters. The molecule has 214 valence electrons. The number of anilines is 2. The van der Waals surface area contributed by atoms with Crippen molar-refractivity contribution in [3.8, 4) is 0 Å². The summed E-state index contributed by atoms with van der Waals surface area (Å²) in [6.45, 7) is 21.6. The standard InChI is InChI=1S/C21H27N2.C6H13P.C5H8.2ClH.Ru/c1-14-9-16(3)20(17(4)10-14)22-7-8-23(13-22)21-18(5)11-15(2)12-19(21)6;7-6-4-2-1-3-5-6;1-4-5(2)3;;;/h9-13H,7-8H2,1-6H3;6H,1-5,7H2;1,4H,2-3H3;2*1H;/q-1;;;;;+2/p-2. The van der Waals surface area contributed by atoms with Crippen LogP contribution in [0.3, 0.4) is 0 Å². The van der Waals surface area contributed by atoms with Crippen LogP contribution in [0.15, 0.2) is 35.9 Å². The normalized spacial score (nSPS) is 15.7. The molecule has 1 aliphatic carbocycles. The number of nitrogens with zero attached hydrogens (tertiary/aromatic N) is 2. The molecule has 0 spiro atoms. The Morgan fingerprint density at radius 2 is 1.18 bits per heavy atom. The van der Waals surface area contributed by atoms with Crippen LogP contribution in [0.4, 0.5) is 11.4 Å². The van der Waals surface area contributed by atoms with Crippen LogP contribution >= 0.6 is 28.6 Å². The van der Waals surface area contributed by atoms with E-state index in [0.717, 1.165) is 18.7 Å². The maximum atomic E-state index is 5.53. The molecule has 4 rings (SSSR count). The first kappa shape index (κ1) is 33.5. The Morgan fingerprint density at radius 1 is 0.789 bits per heavy atom.